The maximum Gasteiger partial charge on any atom is 0.254 e. The van der Waals surface area contributed by atoms with Gasteiger partial charge in [0.05, 0.1) is 16.6 Å². The summed E-state index contributed by atoms with van der Waals surface area (Å²) in [5.74, 6) is -2.35. The Morgan fingerprint density at radius 2 is 1.83 bits per heavy atom. The number of carbonyl (C=O) groups excluding carboxylic acids is 2. The van der Waals surface area contributed by atoms with E-state index >= 15 is 0 Å². The summed E-state index contributed by atoms with van der Waals surface area (Å²) in [6.07, 6.45) is -0.0259. The molecule has 6 nitrogen and oxygen atoms in total. The fraction of sp³-hybridized carbons (Fsp3) is 0.286. The number of fused-ring (bicyclic) bond motifs is 1. The number of hydrogen-bond donors (Lipinski definition) is 2. The van der Waals surface area contributed by atoms with Crippen LogP contribution in [0.5, 0.6) is 0 Å². The Labute approximate surface area is 166 Å². The molecule has 0 radical (unpaired) electrons. The second-order valence-corrected chi connectivity index (χ2v) is 7.61. The average molecular weight is 400 g/mol. The largest absolute Gasteiger partial charge is 0.351 e. The van der Waals surface area contributed by atoms with Crippen LogP contribution >= 0.6 is 0 Å². The number of halogens is 2. The number of para-hydroxylation sites is 2. The van der Waals surface area contributed by atoms with E-state index in [4.69, 9.17) is 0 Å². The molecule has 0 bridgehead atoms. The fourth-order valence-electron chi connectivity index (χ4n) is 3.03. The highest BCUT2D eigenvalue weighted by molar-refractivity contribution is 5.95. The second-order valence-electron chi connectivity index (χ2n) is 7.61. The molecule has 1 aromatic heterocycles. The molecule has 0 spiro atoms. The van der Waals surface area contributed by atoms with Crippen LogP contribution < -0.4 is 10.6 Å². The molecule has 0 aliphatic carbocycles. The monoisotopic (exact) mass is 400 g/mol. The van der Waals surface area contributed by atoms with E-state index in [1.54, 1.807) is 0 Å². The quantitative estimate of drug-likeness (QED) is 0.684. The smallest absolute Gasteiger partial charge is 0.254 e. The van der Waals surface area contributed by atoms with Gasteiger partial charge in [-0.25, -0.2) is 13.8 Å². The maximum absolute atomic E-state index is 13.6. The van der Waals surface area contributed by atoms with Crippen LogP contribution in [0.3, 0.4) is 0 Å². The second kappa shape index (κ2) is 7.98. The van der Waals surface area contributed by atoms with Crippen molar-refractivity contribution in [2.24, 2.45) is 0 Å². The molecule has 29 heavy (non-hydrogen) atoms. The number of carbonyl (C=O) groups is 2. The first-order chi connectivity index (χ1) is 13.7. The summed E-state index contributed by atoms with van der Waals surface area (Å²) in [6.45, 7) is 6.02. The molecule has 152 valence electrons. The van der Waals surface area contributed by atoms with Gasteiger partial charge < -0.3 is 9.88 Å². The minimum Gasteiger partial charge on any atom is -0.351 e. The number of hydrogen-bond acceptors (Lipinski definition) is 3. The van der Waals surface area contributed by atoms with Gasteiger partial charge in [0.15, 0.2) is 0 Å². The summed E-state index contributed by atoms with van der Waals surface area (Å²) >= 11 is 0. The number of nitrogens with zero attached hydrogens (tertiary/aromatic N) is 2. The van der Waals surface area contributed by atoms with E-state index in [9.17, 15) is 18.4 Å². The average Bonchev–Trinajstić information content (AvgIpc) is 2.99. The van der Waals surface area contributed by atoms with Crippen molar-refractivity contribution in [3.8, 4) is 0 Å². The standard InChI is InChI=1S/C21H22F2N4O2/c1-21(2,3)27-17-7-5-4-6-16(17)25-20(27)26-18(28)10-11-24-19(29)14-9-8-13(22)12-15(14)23/h4-9,12H,10-11H2,1-3H3,(H,24,29)(H,25,26,28). The van der Waals surface area contributed by atoms with Gasteiger partial charge in [0.25, 0.3) is 5.91 Å². The summed E-state index contributed by atoms with van der Waals surface area (Å²) in [6, 6.07) is 10.3. The number of rotatable bonds is 5. The van der Waals surface area contributed by atoms with Gasteiger partial charge in [-0.2, -0.15) is 0 Å². The minimum absolute atomic E-state index is 0.00275. The number of benzene rings is 2. The Kier molecular flexibility index (Phi) is 5.63. The molecule has 0 atom stereocenters. The van der Waals surface area contributed by atoms with Crippen molar-refractivity contribution >= 4 is 28.8 Å². The summed E-state index contributed by atoms with van der Waals surface area (Å²) in [7, 11) is 0. The highest BCUT2D eigenvalue weighted by Gasteiger charge is 2.22. The van der Waals surface area contributed by atoms with Gasteiger partial charge in [-0.3, -0.25) is 14.9 Å². The van der Waals surface area contributed by atoms with E-state index in [1.165, 1.54) is 0 Å². The Balaban J connectivity index is 1.65. The third-order valence-corrected chi connectivity index (χ3v) is 4.30. The van der Waals surface area contributed by atoms with Crippen molar-refractivity contribution < 1.29 is 18.4 Å². The lowest BCUT2D eigenvalue weighted by Gasteiger charge is -2.24. The number of nitrogens with one attached hydrogen (secondary N) is 2. The zero-order valence-electron chi connectivity index (χ0n) is 16.4. The zero-order valence-corrected chi connectivity index (χ0v) is 16.4. The molecule has 2 N–H and O–H groups in total. The third kappa shape index (κ3) is 4.59. The molecule has 0 unspecified atom stereocenters. The van der Waals surface area contributed by atoms with Crippen LogP contribution in [0, 0.1) is 11.6 Å². The lowest BCUT2D eigenvalue weighted by molar-refractivity contribution is -0.116. The van der Waals surface area contributed by atoms with Crippen molar-refractivity contribution in [2.45, 2.75) is 32.7 Å². The molecule has 0 saturated heterocycles. The third-order valence-electron chi connectivity index (χ3n) is 4.30. The van der Waals surface area contributed by atoms with E-state index in [2.05, 4.69) is 15.6 Å². The Bertz CT molecular complexity index is 1070. The van der Waals surface area contributed by atoms with Crippen molar-refractivity contribution in [2.75, 3.05) is 11.9 Å². The maximum atomic E-state index is 13.6. The molecule has 8 heteroatoms. The molecule has 3 aromatic rings. The number of imidazole rings is 1. The van der Waals surface area contributed by atoms with Crippen LogP contribution in [0.4, 0.5) is 14.7 Å². The van der Waals surface area contributed by atoms with Gasteiger partial charge in [0, 0.05) is 24.6 Å². The molecular weight excluding hydrogens is 378 g/mol. The molecule has 2 aromatic carbocycles. The summed E-state index contributed by atoms with van der Waals surface area (Å²) in [5, 5.41) is 5.23. The summed E-state index contributed by atoms with van der Waals surface area (Å²) < 4.78 is 28.5. The van der Waals surface area contributed by atoms with Gasteiger partial charge in [-0.1, -0.05) is 12.1 Å². The lowest BCUT2D eigenvalue weighted by atomic mass is 10.1. The number of amides is 2. The molecule has 0 aliphatic heterocycles. The first-order valence-corrected chi connectivity index (χ1v) is 9.18. The first-order valence-electron chi connectivity index (χ1n) is 9.18. The number of aromatic nitrogens is 2. The molecular formula is C21H22F2N4O2. The van der Waals surface area contributed by atoms with Crippen LogP contribution in [0.25, 0.3) is 11.0 Å². The van der Waals surface area contributed by atoms with E-state index < -0.39 is 17.5 Å². The molecule has 1 heterocycles. The highest BCUT2D eigenvalue weighted by Crippen LogP contribution is 2.27. The normalized spacial score (nSPS) is 11.5. The van der Waals surface area contributed by atoms with Gasteiger partial charge in [-0.15, -0.1) is 0 Å². The van der Waals surface area contributed by atoms with Crippen molar-refractivity contribution in [3.05, 3.63) is 59.7 Å². The molecule has 3 rings (SSSR count). The van der Waals surface area contributed by atoms with Gasteiger partial charge in [0.1, 0.15) is 11.6 Å². The Morgan fingerprint density at radius 1 is 1.10 bits per heavy atom. The van der Waals surface area contributed by atoms with Crippen molar-refractivity contribution in [1.82, 2.24) is 14.9 Å². The van der Waals surface area contributed by atoms with Crippen LogP contribution in [0.15, 0.2) is 42.5 Å². The van der Waals surface area contributed by atoms with Crippen LogP contribution in [-0.4, -0.2) is 27.9 Å². The van der Waals surface area contributed by atoms with E-state index in [-0.39, 0.29) is 30.0 Å². The number of anilines is 1. The van der Waals surface area contributed by atoms with Crippen LogP contribution in [0.1, 0.15) is 37.6 Å². The molecule has 0 saturated carbocycles. The topological polar surface area (TPSA) is 76.0 Å². The zero-order chi connectivity index (χ0) is 21.2. The SMILES string of the molecule is CC(C)(C)n1c(NC(=O)CCNC(=O)c2ccc(F)cc2F)nc2ccccc21. The van der Waals surface area contributed by atoms with Crippen LogP contribution in [0.2, 0.25) is 0 Å². The van der Waals surface area contributed by atoms with Crippen molar-refractivity contribution in [1.29, 1.82) is 0 Å². The Morgan fingerprint density at radius 3 is 2.52 bits per heavy atom. The highest BCUT2D eigenvalue weighted by atomic mass is 19.1. The molecule has 0 aliphatic rings. The van der Waals surface area contributed by atoms with E-state index in [0.717, 1.165) is 23.2 Å². The first kappa shape index (κ1) is 20.4. The molecule has 2 amide bonds. The van der Waals surface area contributed by atoms with E-state index in [1.807, 2.05) is 49.6 Å². The molecule has 0 fully saturated rings. The summed E-state index contributed by atoms with van der Waals surface area (Å²) in [5.41, 5.74) is 1.07. The predicted octanol–water partition coefficient (Wildman–Crippen LogP) is 3.83. The van der Waals surface area contributed by atoms with Crippen LogP contribution in [-0.2, 0) is 10.3 Å². The van der Waals surface area contributed by atoms with Crippen molar-refractivity contribution in [3.63, 3.8) is 0 Å². The minimum atomic E-state index is -0.953. The van der Waals surface area contributed by atoms with Gasteiger partial charge in [0.2, 0.25) is 11.9 Å². The van der Waals surface area contributed by atoms with Gasteiger partial charge >= 0.3 is 0 Å². The van der Waals surface area contributed by atoms with E-state index in [0.29, 0.717) is 12.0 Å². The Hall–Kier alpha value is -3.29. The fourth-order valence-corrected chi connectivity index (χ4v) is 3.03. The van der Waals surface area contributed by atoms with Gasteiger partial charge in [-0.05, 0) is 45.0 Å². The summed E-state index contributed by atoms with van der Waals surface area (Å²) in [4.78, 5) is 28.8. The lowest BCUT2D eigenvalue weighted by Crippen LogP contribution is -2.30. The predicted molar refractivity (Wildman–Crippen MR) is 107 cm³/mol.